The van der Waals surface area contributed by atoms with Crippen LogP contribution in [-0.2, 0) is 4.79 Å². The molecule has 0 heterocycles. The largest absolute Gasteiger partial charge is 0.496 e. The monoisotopic (exact) mass is 242 g/mol. The SMILES string of the molecule is COc1ccc2ccccc2c1C=C(C)C(=O)O. The lowest BCUT2D eigenvalue weighted by Crippen LogP contribution is -1.97. The number of hydrogen-bond donors (Lipinski definition) is 1. The quantitative estimate of drug-likeness (QED) is 0.840. The summed E-state index contributed by atoms with van der Waals surface area (Å²) in [5, 5.41) is 11.0. The summed E-state index contributed by atoms with van der Waals surface area (Å²) < 4.78 is 5.30. The van der Waals surface area contributed by atoms with Gasteiger partial charge in [0.2, 0.25) is 0 Å². The summed E-state index contributed by atoms with van der Waals surface area (Å²) in [5.74, 6) is -0.251. The molecule has 0 aliphatic rings. The van der Waals surface area contributed by atoms with Crippen molar-refractivity contribution in [2.45, 2.75) is 6.92 Å². The van der Waals surface area contributed by atoms with Gasteiger partial charge in [-0.2, -0.15) is 0 Å². The Morgan fingerprint density at radius 2 is 1.94 bits per heavy atom. The van der Waals surface area contributed by atoms with Gasteiger partial charge in [-0.3, -0.25) is 0 Å². The highest BCUT2D eigenvalue weighted by Gasteiger charge is 2.08. The average molecular weight is 242 g/mol. The number of carboxylic acid groups (broad SMARTS) is 1. The van der Waals surface area contributed by atoms with E-state index in [4.69, 9.17) is 9.84 Å². The topological polar surface area (TPSA) is 46.5 Å². The van der Waals surface area contributed by atoms with Gasteiger partial charge in [0.25, 0.3) is 0 Å². The van der Waals surface area contributed by atoms with Crippen LogP contribution in [0.2, 0.25) is 0 Å². The molecule has 0 aromatic heterocycles. The van der Waals surface area contributed by atoms with E-state index in [0.717, 1.165) is 16.3 Å². The number of methoxy groups -OCH3 is 1. The van der Waals surface area contributed by atoms with Crippen molar-refractivity contribution in [3.8, 4) is 5.75 Å². The van der Waals surface area contributed by atoms with Crippen molar-refractivity contribution in [3.05, 3.63) is 47.5 Å². The number of carboxylic acids is 1. The molecule has 92 valence electrons. The molecule has 0 radical (unpaired) electrons. The number of ether oxygens (including phenoxy) is 1. The first-order valence-corrected chi connectivity index (χ1v) is 5.61. The maximum Gasteiger partial charge on any atom is 0.331 e. The lowest BCUT2D eigenvalue weighted by Gasteiger charge is -2.09. The predicted octanol–water partition coefficient (Wildman–Crippen LogP) is 3.34. The lowest BCUT2D eigenvalue weighted by atomic mass is 10.0. The Morgan fingerprint density at radius 1 is 1.22 bits per heavy atom. The van der Waals surface area contributed by atoms with E-state index >= 15 is 0 Å². The van der Waals surface area contributed by atoms with Gasteiger partial charge in [0.05, 0.1) is 7.11 Å². The van der Waals surface area contributed by atoms with Crippen LogP contribution >= 0.6 is 0 Å². The standard InChI is InChI=1S/C15H14O3/c1-10(15(16)17)9-13-12-6-4-3-5-11(12)7-8-14(13)18-2/h3-9H,1-2H3,(H,16,17). The van der Waals surface area contributed by atoms with Crippen molar-refractivity contribution in [1.29, 1.82) is 0 Å². The van der Waals surface area contributed by atoms with Gasteiger partial charge in [-0.25, -0.2) is 4.79 Å². The van der Waals surface area contributed by atoms with Crippen molar-refractivity contribution in [2.75, 3.05) is 7.11 Å². The minimum atomic E-state index is -0.926. The zero-order valence-corrected chi connectivity index (χ0v) is 10.3. The fraction of sp³-hybridized carbons (Fsp3) is 0.133. The molecule has 0 bridgehead atoms. The molecular formula is C15H14O3. The number of benzene rings is 2. The summed E-state index contributed by atoms with van der Waals surface area (Å²) in [6.45, 7) is 1.57. The lowest BCUT2D eigenvalue weighted by molar-refractivity contribution is -0.132. The molecule has 0 aliphatic carbocycles. The average Bonchev–Trinajstić information content (AvgIpc) is 2.39. The van der Waals surface area contributed by atoms with Crippen molar-refractivity contribution in [3.63, 3.8) is 0 Å². The first-order chi connectivity index (χ1) is 8.63. The maximum atomic E-state index is 10.9. The summed E-state index contributed by atoms with van der Waals surface area (Å²) in [4.78, 5) is 10.9. The van der Waals surface area contributed by atoms with E-state index in [1.165, 1.54) is 0 Å². The van der Waals surface area contributed by atoms with Crippen molar-refractivity contribution < 1.29 is 14.6 Å². The molecule has 0 unspecified atom stereocenters. The maximum absolute atomic E-state index is 10.9. The van der Waals surface area contributed by atoms with Crippen molar-refractivity contribution in [2.24, 2.45) is 0 Å². The van der Waals surface area contributed by atoms with Gasteiger partial charge >= 0.3 is 5.97 Å². The molecule has 0 saturated carbocycles. The summed E-state index contributed by atoms with van der Waals surface area (Å²) in [6.07, 6.45) is 1.64. The van der Waals surface area contributed by atoms with Gasteiger partial charge in [-0.05, 0) is 29.8 Å². The molecule has 2 aromatic rings. The fourth-order valence-corrected chi connectivity index (χ4v) is 1.88. The molecule has 3 nitrogen and oxygen atoms in total. The Labute approximate surface area is 105 Å². The van der Waals surface area contributed by atoms with Crippen LogP contribution in [-0.4, -0.2) is 18.2 Å². The predicted molar refractivity (Wildman–Crippen MR) is 71.8 cm³/mol. The molecule has 1 N–H and O–H groups in total. The van der Waals surface area contributed by atoms with Gasteiger partial charge < -0.3 is 9.84 Å². The van der Waals surface area contributed by atoms with Gasteiger partial charge in [0.15, 0.2) is 0 Å². The van der Waals surface area contributed by atoms with Crippen LogP contribution in [0.15, 0.2) is 42.0 Å². The van der Waals surface area contributed by atoms with E-state index in [1.54, 1.807) is 20.1 Å². The smallest absolute Gasteiger partial charge is 0.331 e. The molecule has 0 saturated heterocycles. The summed E-state index contributed by atoms with van der Waals surface area (Å²) in [7, 11) is 1.58. The van der Waals surface area contributed by atoms with Gasteiger partial charge in [-0.1, -0.05) is 30.3 Å². The summed E-state index contributed by atoms with van der Waals surface area (Å²) in [5.41, 5.74) is 1.08. The number of fused-ring (bicyclic) bond motifs is 1. The molecule has 2 rings (SSSR count). The van der Waals surface area contributed by atoms with Crippen LogP contribution in [0.3, 0.4) is 0 Å². The number of rotatable bonds is 3. The van der Waals surface area contributed by atoms with Crippen LogP contribution < -0.4 is 4.74 Å². The number of aliphatic carboxylic acids is 1. The molecule has 0 fully saturated rings. The highest BCUT2D eigenvalue weighted by Crippen LogP contribution is 2.29. The minimum Gasteiger partial charge on any atom is -0.496 e. The Kier molecular flexibility index (Phi) is 3.33. The Morgan fingerprint density at radius 3 is 2.61 bits per heavy atom. The zero-order valence-electron chi connectivity index (χ0n) is 10.3. The third-order valence-corrected chi connectivity index (χ3v) is 2.85. The van der Waals surface area contributed by atoms with E-state index < -0.39 is 5.97 Å². The summed E-state index contributed by atoms with van der Waals surface area (Å²) in [6, 6.07) is 11.6. The second-order valence-corrected chi connectivity index (χ2v) is 4.04. The zero-order chi connectivity index (χ0) is 13.1. The first-order valence-electron chi connectivity index (χ1n) is 5.61. The molecule has 2 aromatic carbocycles. The van der Waals surface area contributed by atoms with Crippen LogP contribution in [0, 0.1) is 0 Å². The van der Waals surface area contributed by atoms with Gasteiger partial charge in [-0.15, -0.1) is 0 Å². The Hall–Kier alpha value is -2.29. The second-order valence-electron chi connectivity index (χ2n) is 4.04. The summed E-state index contributed by atoms with van der Waals surface area (Å²) >= 11 is 0. The van der Waals surface area contributed by atoms with E-state index in [0.29, 0.717) is 5.75 Å². The Balaban J connectivity index is 2.73. The molecule has 0 atom stereocenters. The van der Waals surface area contributed by atoms with E-state index in [2.05, 4.69) is 0 Å². The Bertz CT molecular complexity index is 627. The van der Waals surface area contributed by atoms with Gasteiger partial charge in [0, 0.05) is 11.1 Å². The van der Waals surface area contributed by atoms with Crippen LogP contribution in [0.25, 0.3) is 16.8 Å². The number of hydrogen-bond acceptors (Lipinski definition) is 2. The van der Waals surface area contributed by atoms with Crippen molar-refractivity contribution in [1.82, 2.24) is 0 Å². The minimum absolute atomic E-state index is 0.282. The normalized spacial score (nSPS) is 11.6. The molecule has 18 heavy (non-hydrogen) atoms. The van der Waals surface area contributed by atoms with E-state index in [-0.39, 0.29) is 5.57 Å². The fourth-order valence-electron chi connectivity index (χ4n) is 1.88. The highest BCUT2D eigenvalue weighted by atomic mass is 16.5. The molecule has 0 aliphatic heterocycles. The third-order valence-electron chi connectivity index (χ3n) is 2.85. The number of carbonyl (C=O) groups is 1. The van der Waals surface area contributed by atoms with Crippen LogP contribution in [0.5, 0.6) is 5.75 Å². The third kappa shape index (κ3) is 2.20. The highest BCUT2D eigenvalue weighted by molar-refractivity contribution is 5.98. The second kappa shape index (κ2) is 4.92. The molecular weight excluding hydrogens is 228 g/mol. The molecule has 0 amide bonds. The molecule has 3 heteroatoms. The van der Waals surface area contributed by atoms with Gasteiger partial charge in [0.1, 0.15) is 5.75 Å². The van der Waals surface area contributed by atoms with Crippen LogP contribution in [0.1, 0.15) is 12.5 Å². The first kappa shape index (κ1) is 12.2. The van der Waals surface area contributed by atoms with E-state index in [1.807, 2.05) is 36.4 Å². The van der Waals surface area contributed by atoms with Crippen molar-refractivity contribution >= 4 is 22.8 Å². The van der Waals surface area contributed by atoms with E-state index in [9.17, 15) is 4.79 Å². The van der Waals surface area contributed by atoms with Crippen LogP contribution in [0.4, 0.5) is 0 Å². The molecule has 0 spiro atoms.